The monoisotopic (exact) mass is 344 g/mol. The van der Waals surface area contributed by atoms with Gasteiger partial charge in [-0.15, -0.1) is 0 Å². The van der Waals surface area contributed by atoms with Crippen LogP contribution in [-0.2, 0) is 4.74 Å². The Morgan fingerprint density at radius 1 is 1.04 bits per heavy atom. The van der Waals surface area contributed by atoms with Gasteiger partial charge < -0.3 is 24.8 Å². The normalized spacial score (nSPS) is 10.4. The van der Waals surface area contributed by atoms with E-state index in [9.17, 15) is 4.79 Å². The number of carbonyl (C=O) groups is 1. The van der Waals surface area contributed by atoms with Crippen LogP contribution in [0.1, 0.15) is 15.9 Å². The number of nitrogens with two attached hydrogens (primary N) is 1. The van der Waals surface area contributed by atoms with Crippen molar-refractivity contribution in [3.05, 3.63) is 47.5 Å². The summed E-state index contributed by atoms with van der Waals surface area (Å²) in [5.41, 5.74) is 8.52. The van der Waals surface area contributed by atoms with Crippen molar-refractivity contribution in [2.75, 3.05) is 45.1 Å². The van der Waals surface area contributed by atoms with Crippen LogP contribution in [0.4, 0.5) is 11.4 Å². The highest BCUT2D eigenvalue weighted by atomic mass is 16.5. The molecule has 0 aliphatic rings. The van der Waals surface area contributed by atoms with Gasteiger partial charge in [0.2, 0.25) is 0 Å². The largest absolute Gasteiger partial charge is 0.493 e. The molecule has 0 atom stereocenters. The Labute approximate surface area is 148 Å². The number of aryl methyl sites for hydroxylation is 1. The van der Waals surface area contributed by atoms with E-state index in [0.717, 1.165) is 5.56 Å². The van der Waals surface area contributed by atoms with Crippen molar-refractivity contribution in [1.29, 1.82) is 0 Å². The zero-order valence-corrected chi connectivity index (χ0v) is 15.0. The Balaban J connectivity index is 2.45. The summed E-state index contributed by atoms with van der Waals surface area (Å²) in [6.07, 6.45) is 0. The minimum Gasteiger partial charge on any atom is -0.493 e. The number of ether oxygens (including phenoxy) is 3. The van der Waals surface area contributed by atoms with Crippen molar-refractivity contribution in [3.63, 3.8) is 0 Å². The Bertz CT molecular complexity index is 746. The van der Waals surface area contributed by atoms with Gasteiger partial charge in [0, 0.05) is 36.7 Å². The predicted octanol–water partition coefficient (Wildman–Crippen LogP) is 2.89. The first-order chi connectivity index (χ1) is 12.0. The third kappa shape index (κ3) is 4.22. The van der Waals surface area contributed by atoms with E-state index in [0.29, 0.717) is 41.6 Å². The number of anilines is 2. The molecule has 0 aliphatic carbocycles. The molecule has 1 amide bonds. The minimum absolute atomic E-state index is 0.144. The van der Waals surface area contributed by atoms with Gasteiger partial charge in [0.15, 0.2) is 11.5 Å². The maximum Gasteiger partial charge on any atom is 0.258 e. The van der Waals surface area contributed by atoms with Gasteiger partial charge in [0.25, 0.3) is 5.91 Å². The fraction of sp³-hybridized carbons (Fsp3) is 0.316. The first-order valence-corrected chi connectivity index (χ1v) is 7.90. The van der Waals surface area contributed by atoms with E-state index in [2.05, 4.69) is 0 Å². The summed E-state index contributed by atoms with van der Waals surface area (Å²) in [5, 5.41) is 0. The van der Waals surface area contributed by atoms with E-state index in [1.807, 2.05) is 19.1 Å². The summed E-state index contributed by atoms with van der Waals surface area (Å²) in [6.45, 7) is 2.69. The molecule has 0 saturated carbocycles. The number of benzene rings is 2. The highest BCUT2D eigenvalue weighted by Gasteiger charge is 2.21. The second-order valence-corrected chi connectivity index (χ2v) is 5.56. The molecular formula is C19H24N2O4. The lowest BCUT2D eigenvalue weighted by Gasteiger charge is -2.24. The summed E-state index contributed by atoms with van der Waals surface area (Å²) in [6, 6.07) is 10.7. The first kappa shape index (κ1) is 18.6. The number of nitrogen functional groups attached to an aromatic ring is 1. The van der Waals surface area contributed by atoms with E-state index in [1.165, 1.54) is 0 Å². The second kappa shape index (κ2) is 8.39. The Kier molecular flexibility index (Phi) is 6.25. The molecule has 0 aromatic heterocycles. The van der Waals surface area contributed by atoms with E-state index in [1.54, 1.807) is 50.5 Å². The number of hydrogen-bond acceptors (Lipinski definition) is 5. The summed E-state index contributed by atoms with van der Waals surface area (Å²) in [5.74, 6) is 1.01. The molecule has 0 heterocycles. The maximum absolute atomic E-state index is 13.1. The number of rotatable bonds is 7. The smallest absolute Gasteiger partial charge is 0.258 e. The van der Waals surface area contributed by atoms with Crippen molar-refractivity contribution in [2.45, 2.75) is 6.92 Å². The van der Waals surface area contributed by atoms with Gasteiger partial charge in [-0.05, 0) is 36.8 Å². The van der Waals surface area contributed by atoms with Crippen molar-refractivity contribution in [2.24, 2.45) is 0 Å². The molecule has 0 fully saturated rings. The number of carbonyl (C=O) groups excluding carboxylic acids is 1. The van der Waals surface area contributed by atoms with Crippen LogP contribution in [-0.4, -0.2) is 40.4 Å². The van der Waals surface area contributed by atoms with Crippen molar-refractivity contribution in [1.82, 2.24) is 0 Å². The fourth-order valence-corrected chi connectivity index (χ4v) is 2.54. The second-order valence-electron chi connectivity index (χ2n) is 5.56. The average Bonchev–Trinajstić information content (AvgIpc) is 2.63. The van der Waals surface area contributed by atoms with Crippen LogP contribution in [0.5, 0.6) is 11.5 Å². The van der Waals surface area contributed by atoms with Crippen LogP contribution in [0, 0.1) is 6.92 Å². The Morgan fingerprint density at radius 3 is 2.40 bits per heavy atom. The topological polar surface area (TPSA) is 74.0 Å². The third-order valence-electron chi connectivity index (χ3n) is 3.94. The minimum atomic E-state index is -0.144. The van der Waals surface area contributed by atoms with Crippen molar-refractivity contribution >= 4 is 17.3 Å². The van der Waals surface area contributed by atoms with Crippen LogP contribution in [0.3, 0.4) is 0 Å². The highest BCUT2D eigenvalue weighted by Crippen LogP contribution is 2.32. The van der Waals surface area contributed by atoms with E-state index >= 15 is 0 Å². The molecular weight excluding hydrogens is 320 g/mol. The number of amides is 1. The molecule has 6 heteroatoms. The zero-order valence-electron chi connectivity index (χ0n) is 15.0. The lowest BCUT2D eigenvalue weighted by atomic mass is 10.1. The number of nitrogens with zero attached hydrogens (tertiary/aromatic N) is 1. The molecule has 0 spiro atoms. The molecule has 2 aromatic carbocycles. The van der Waals surface area contributed by atoms with Crippen molar-refractivity contribution < 1.29 is 19.0 Å². The average molecular weight is 344 g/mol. The molecule has 0 saturated heterocycles. The van der Waals surface area contributed by atoms with Crippen LogP contribution in [0.2, 0.25) is 0 Å². The maximum atomic E-state index is 13.1. The fourth-order valence-electron chi connectivity index (χ4n) is 2.54. The standard InChI is InChI=1S/C19H24N2O4/c1-13-5-6-14(20)11-16(13)19(22)21(9-10-23-2)15-7-8-17(24-3)18(12-15)25-4/h5-8,11-12H,9-10,20H2,1-4H3. The molecule has 0 bridgehead atoms. The van der Waals surface area contributed by atoms with E-state index in [4.69, 9.17) is 19.9 Å². The summed E-state index contributed by atoms with van der Waals surface area (Å²) < 4.78 is 15.8. The van der Waals surface area contributed by atoms with Gasteiger partial charge in [-0.3, -0.25) is 4.79 Å². The third-order valence-corrected chi connectivity index (χ3v) is 3.94. The summed E-state index contributed by atoms with van der Waals surface area (Å²) >= 11 is 0. The SMILES string of the molecule is COCCN(C(=O)c1cc(N)ccc1C)c1ccc(OC)c(OC)c1. The van der Waals surface area contributed by atoms with Gasteiger partial charge >= 0.3 is 0 Å². The van der Waals surface area contributed by atoms with Crippen LogP contribution < -0.4 is 20.1 Å². The van der Waals surface area contributed by atoms with Crippen LogP contribution in [0.25, 0.3) is 0 Å². The Hall–Kier alpha value is -2.73. The zero-order chi connectivity index (χ0) is 18.4. The molecule has 0 radical (unpaired) electrons. The molecule has 6 nitrogen and oxygen atoms in total. The van der Waals surface area contributed by atoms with E-state index < -0.39 is 0 Å². The van der Waals surface area contributed by atoms with Crippen molar-refractivity contribution in [3.8, 4) is 11.5 Å². The lowest BCUT2D eigenvalue weighted by Crippen LogP contribution is -2.34. The van der Waals surface area contributed by atoms with Crippen LogP contribution in [0.15, 0.2) is 36.4 Å². The Morgan fingerprint density at radius 2 is 1.76 bits per heavy atom. The summed E-state index contributed by atoms with van der Waals surface area (Å²) in [7, 11) is 4.73. The molecule has 0 aliphatic heterocycles. The van der Waals surface area contributed by atoms with E-state index in [-0.39, 0.29) is 5.91 Å². The van der Waals surface area contributed by atoms with Gasteiger partial charge in [-0.1, -0.05) is 6.07 Å². The summed E-state index contributed by atoms with van der Waals surface area (Å²) in [4.78, 5) is 14.8. The lowest BCUT2D eigenvalue weighted by molar-refractivity contribution is 0.0975. The van der Waals surface area contributed by atoms with Crippen LogP contribution >= 0.6 is 0 Å². The molecule has 2 N–H and O–H groups in total. The molecule has 0 unspecified atom stereocenters. The molecule has 134 valence electrons. The quantitative estimate of drug-likeness (QED) is 0.782. The first-order valence-electron chi connectivity index (χ1n) is 7.90. The molecule has 25 heavy (non-hydrogen) atoms. The molecule has 2 rings (SSSR count). The number of hydrogen-bond donors (Lipinski definition) is 1. The van der Waals surface area contributed by atoms with Gasteiger partial charge in [0.1, 0.15) is 0 Å². The van der Waals surface area contributed by atoms with Gasteiger partial charge in [-0.25, -0.2) is 0 Å². The predicted molar refractivity (Wildman–Crippen MR) is 98.7 cm³/mol. The number of methoxy groups -OCH3 is 3. The van der Waals surface area contributed by atoms with Gasteiger partial charge in [0.05, 0.1) is 20.8 Å². The highest BCUT2D eigenvalue weighted by molar-refractivity contribution is 6.07. The van der Waals surface area contributed by atoms with Gasteiger partial charge in [-0.2, -0.15) is 0 Å². The molecule has 2 aromatic rings.